The van der Waals surface area contributed by atoms with Crippen LogP contribution in [0.3, 0.4) is 0 Å². The van der Waals surface area contributed by atoms with Crippen molar-refractivity contribution in [1.82, 2.24) is 0 Å². The summed E-state index contributed by atoms with van der Waals surface area (Å²) in [5.41, 5.74) is 6.03. The number of carbonyl (C=O) groups excluding carboxylic acids is 1. The molecule has 0 radical (unpaired) electrons. The first-order valence-corrected chi connectivity index (χ1v) is 8.97. The predicted octanol–water partition coefficient (Wildman–Crippen LogP) is 2.31. The summed E-state index contributed by atoms with van der Waals surface area (Å²) >= 11 is 0. The highest BCUT2D eigenvalue weighted by atomic mass is 28.4. The molecule has 1 aliphatic rings. The van der Waals surface area contributed by atoms with E-state index in [1.165, 1.54) is 0 Å². The minimum absolute atomic E-state index is 0.0318. The average Bonchev–Trinajstić information content (AvgIpc) is 2.44. The lowest BCUT2D eigenvalue weighted by molar-refractivity contribution is -0.111. The summed E-state index contributed by atoms with van der Waals surface area (Å²) in [4.78, 5) is 10.8. The van der Waals surface area contributed by atoms with Gasteiger partial charge in [-0.05, 0) is 31.0 Å². The molecule has 0 bridgehead atoms. The molecule has 4 heteroatoms. The van der Waals surface area contributed by atoms with E-state index in [1.54, 1.807) is 0 Å². The van der Waals surface area contributed by atoms with Gasteiger partial charge in [0.2, 0.25) is 0 Å². The number of nitrogens with two attached hydrogens (primary N) is 1. The predicted molar refractivity (Wildman–Crippen MR) is 68.8 cm³/mol. The Morgan fingerprint density at radius 1 is 1.31 bits per heavy atom. The third-order valence-electron chi connectivity index (χ3n) is 4.03. The van der Waals surface area contributed by atoms with E-state index in [0.29, 0.717) is 0 Å². The molecule has 3 atom stereocenters. The summed E-state index contributed by atoms with van der Waals surface area (Å²) in [6, 6.07) is 0.0318. The molecule has 0 amide bonds. The molecule has 1 fully saturated rings. The molecule has 0 aromatic carbocycles. The number of hydrogen-bond acceptors (Lipinski definition) is 3. The van der Waals surface area contributed by atoms with Gasteiger partial charge in [0.1, 0.15) is 6.29 Å². The van der Waals surface area contributed by atoms with Crippen molar-refractivity contribution in [2.24, 2.45) is 11.7 Å². The van der Waals surface area contributed by atoms with Gasteiger partial charge < -0.3 is 15.0 Å². The summed E-state index contributed by atoms with van der Waals surface area (Å²) in [5.74, 6) is 0.102. The van der Waals surface area contributed by atoms with Crippen molar-refractivity contribution in [3.63, 3.8) is 0 Å². The molecule has 1 aliphatic carbocycles. The minimum atomic E-state index is -1.75. The number of rotatable bonds is 3. The molecule has 1 saturated carbocycles. The van der Waals surface area contributed by atoms with Gasteiger partial charge in [-0.1, -0.05) is 20.8 Å². The molecular weight excluding hydrogens is 218 g/mol. The maximum atomic E-state index is 10.8. The van der Waals surface area contributed by atoms with Crippen molar-refractivity contribution in [3.05, 3.63) is 0 Å². The zero-order chi connectivity index (χ0) is 12.6. The lowest BCUT2D eigenvalue weighted by Crippen LogP contribution is -2.47. The second kappa shape index (κ2) is 4.59. The van der Waals surface area contributed by atoms with Gasteiger partial charge in [0.25, 0.3) is 0 Å². The van der Waals surface area contributed by atoms with E-state index < -0.39 is 8.32 Å². The average molecular weight is 243 g/mol. The van der Waals surface area contributed by atoms with Gasteiger partial charge in [-0.15, -0.1) is 0 Å². The van der Waals surface area contributed by atoms with E-state index in [1.807, 2.05) is 0 Å². The van der Waals surface area contributed by atoms with Gasteiger partial charge in [-0.2, -0.15) is 0 Å². The first kappa shape index (κ1) is 13.9. The first-order valence-electron chi connectivity index (χ1n) is 6.06. The second-order valence-electron chi connectivity index (χ2n) is 6.45. The molecule has 0 unspecified atom stereocenters. The Kier molecular flexibility index (Phi) is 3.98. The highest BCUT2D eigenvalue weighted by Gasteiger charge is 2.42. The monoisotopic (exact) mass is 243 g/mol. The summed E-state index contributed by atoms with van der Waals surface area (Å²) in [5, 5.41) is 0.200. The summed E-state index contributed by atoms with van der Waals surface area (Å²) < 4.78 is 6.26. The molecule has 94 valence electrons. The van der Waals surface area contributed by atoms with Crippen LogP contribution < -0.4 is 5.73 Å². The van der Waals surface area contributed by atoms with Crippen molar-refractivity contribution in [1.29, 1.82) is 0 Å². The van der Waals surface area contributed by atoms with E-state index in [0.717, 1.165) is 19.1 Å². The normalized spacial score (nSPS) is 31.8. The zero-order valence-electron chi connectivity index (χ0n) is 11.1. The van der Waals surface area contributed by atoms with Crippen LogP contribution in [0.15, 0.2) is 0 Å². The van der Waals surface area contributed by atoms with Crippen molar-refractivity contribution in [2.75, 3.05) is 0 Å². The zero-order valence-corrected chi connectivity index (χ0v) is 12.1. The Bertz CT molecular complexity index is 260. The van der Waals surface area contributed by atoms with E-state index in [-0.39, 0.29) is 23.1 Å². The topological polar surface area (TPSA) is 52.3 Å². The minimum Gasteiger partial charge on any atom is -0.412 e. The Hall–Kier alpha value is -0.193. The molecular formula is C12H25NO2Si. The fourth-order valence-electron chi connectivity index (χ4n) is 1.87. The van der Waals surface area contributed by atoms with Crippen LogP contribution in [0, 0.1) is 5.92 Å². The number of hydrogen-bond donors (Lipinski definition) is 1. The van der Waals surface area contributed by atoms with Crippen LogP contribution in [0.25, 0.3) is 0 Å². The highest BCUT2D eigenvalue weighted by Crippen LogP contribution is 2.39. The fraction of sp³-hybridized carbons (Fsp3) is 0.917. The molecule has 0 aromatic heterocycles. The Morgan fingerprint density at radius 3 is 2.25 bits per heavy atom. The van der Waals surface area contributed by atoms with Crippen LogP contribution in [-0.2, 0) is 9.22 Å². The summed E-state index contributed by atoms with van der Waals surface area (Å²) in [6.07, 6.45) is 2.69. The molecule has 3 nitrogen and oxygen atoms in total. The van der Waals surface area contributed by atoms with Gasteiger partial charge in [0.15, 0.2) is 8.32 Å². The standard InChI is InChI=1S/C12H25NO2Si/c1-12(2,3)16(4,5)15-11-7-9(8-14)6-10(11)13/h8-11H,6-7,13H2,1-5H3/t9-,10+,11-/m0/s1. The third kappa shape index (κ3) is 2.93. The van der Waals surface area contributed by atoms with Gasteiger partial charge >= 0.3 is 0 Å². The number of aldehydes is 1. The number of carbonyl (C=O) groups is 1. The summed E-state index contributed by atoms with van der Waals surface area (Å²) in [6.45, 7) is 11.1. The van der Waals surface area contributed by atoms with E-state index >= 15 is 0 Å². The lowest BCUT2D eigenvalue weighted by Gasteiger charge is -2.39. The largest absolute Gasteiger partial charge is 0.412 e. The Balaban J connectivity index is 2.65. The Labute approximate surface area is 99.9 Å². The molecule has 0 heterocycles. The van der Waals surface area contributed by atoms with Crippen LogP contribution in [-0.4, -0.2) is 26.7 Å². The van der Waals surface area contributed by atoms with Crippen LogP contribution in [0.5, 0.6) is 0 Å². The van der Waals surface area contributed by atoms with Crippen LogP contribution in [0.4, 0.5) is 0 Å². The van der Waals surface area contributed by atoms with E-state index in [2.05, 4.69) is 33.9 Å². The second-order valence-corrected chi connectivity index (χ2v) is 11.2. The summed E-state index contributed by atoms with van der Waals surface area (Å²) in [7, 11) is -1.75. The van der Waals surface area contributed by atoms with Gasteiger partial charge in [0.05, 0.1) is 6.10 Å². The van der Waals surface area contributed by atoms with Gasteiger partial charge in [-0.3, -0.25) is 0 Å². The van der Waals surface area contributed by atoms with Crippen molar-refractivity contribution in [3.8, 4) is 0 Å². The van der Waals surface area contributed by atoms with E-state index in [9.17, 15) is 4.79 Å². The van der Waals surface area contributed by atoms with E-state index in [4.69, 9.17) is 10.2 Å². The molecule has 0 aromatic rings. The quantitative estimate of drug-likeness (QED) is 0.611. The lowest BCUT2D eigenvalue weighted by atomic mass is 10.1. The van der Waals surface area contributed by atoms with Gasteiger partial charge in [-0.25, -0.2) is 0 Å². The third-order valence-corrected chi connectivity index (χ3v) is 8.54. The molecule has 0 spiro atoms. The first-order chi connectivity index (χ1) is 7.17. The van der Waals surface area contributed by atoms with Crippen LogP contribution in [0.1, 0.15) is 33.6 Å². The molecule has 2 N–H and O–H groups in total. The fourth-order valence-corrected chi connectivity index (χ4v) is 3.25. The van der Waals surface area contributed by atoms with Crippen molar-refractivity contribution >= 4 is 14.6 Å². The van der Waals surface area contributed by atoms with Crippen molar-refractivity contribution in [2.45, 2.75) is 63.9 Å². The Morgan fingerprint density at radius 2 is 1.88 bits per heavy atom. The molecule has 0 aliphatic heterocycles. The SMILES string of the molecule is CC(C)(C)[Si](C)(C)O[C@H]1C[C@@H](C=O)C[C@H]1N. The highest BCUT2D eigenvalue weighted by molar-refractivity contribution is 6.74. The maximum absolute atomic E-state index is 10.8. The molecule has 1 rings (SSSR count). The van der Waals surface area contributed by atoms with Crippen molar-refractivity contribution < 1.29 is 9.22 Å². The maximum Gasteiger partial charge on any atom is 0.192 e. The van der Waals surface area contributed by atoms with Crippen LogP contribution in [0.2, 0.25) is 18.1 Å². The molecule has 16 heavy (non-hydrogen) atoms. The van der Waals surface area contributed by atoms with Crippen LogP contribution >= 0.6 is 0 Å². The smallest absolute Gasteiger partial charge is 0.192 e. The van der Waals surface area contributed by atoms with Gasteiger partial charge in [0, 0.05) is 12.0 Å². The molecule has 0 saturated heterocycles.